The van der Waals surface area contributed by atoms with Gasteiger partial charge < -0.3 is 15.0 Å². The molecule has 8 heavy (non-hydrogen) atoms. The van der Waals surface area contributed by atoms with E-state index < -0.39 is 6.16 Å². The smallest absolute Gasteiger partial charge is 0.652 e. The van der Waals surface area contributed by atoms with Crippen LogP contribution in [0, 0.1) is 0 Å². The fourth-order valence-electron chi connectivity index (χ4n) is 0. The van der Waals surface area contributed by atoms with Gasteiger partial charge in [-0.3, -0.25) is 0 Å². The maximum atomic E-state index is 8.33. The van der Waals surface area contributed by atoms with Crippen LogP contribution >= 0.6 is 19.8 Å². The SMILES string of the molecule is O=C([O-])[O-].P.P.[Na+].[Na+]. The second-order valence-electron chi connectivity index (χ2n) is 0.250. The molecule has 0 spiro atoms. The molecule has 0 amide bonds. The van der Waals surface area contributed by atoms with E-state index in [2.05, 4.69) is 0 Å². The van der Waals surface area contributed by atoms with Gasteiger partial charge >= 0.3 is 59.1 Å². The first-order valence-corrected chi connectivity index (χ1v) is 0.612. The first-order valence-electron chi connectivity index (χ1n) is 0.612. The Morgan fingerprint density at radius 3 is 1.00 bits per heavy atom. The van der Waals surface area contributed by atoms with Crippen molar-refractivity contribution in [1.29, 1.82) is 0 Å². The molecule has 0 aromatic heterocycles. The minimum absolute atomic E-state index is 0. The van der Waals surface area contributed by atoms with Crippen LogP contribution in [-0.4, -0.2) is 6.16 Å². The number of carbonyl (C=O) groups excluding carboxylic acids is 1. The van der Waals surface area contributed by atoms with Crippen LogP contribution in [0.25, 0.3) is 0 Å². The summed E-state index contributed by atoms with van der Waals surface area (Å²) in [4.78, 5) is 8.33. The number of carbonyl (C=O) groups is 1. The molecular formula is CH6Na2O3P2. The Morgan fingerprint density at radius 1 is 1.00 bits per heavy atom. The maximum absolute atomic E-state index is 8.33. The van der Waals surface area contributed by atoms with Crippen LogP contribution in [0.3, 0.4) is 0 Å². The molecule has 0 rings (SSSR count). The molecule has 0 bridgehead atoms. The van der Waals surface area contributed by atoms with Gasteiger partial charge in [-0.2, -0.15) is 19.8 Å². The summed E-state index contributed by atoms with van der Waals surface area (Å²) >= 11 is 0. The van der Waals surface area contributed by atoms with Crippen molar-refractivity contribution in [3.05, 3.63) is 0 Å². The zero-order chi connectivity index (χ0) is 3.58. The molecule has 0 aliphatic carbocycles. The van der Waals surface area contributed by atoms with Crippen LogP contribution in [0.4, 0.5) is 4.79 Å². The van der Waals surface area contributed by atoms with Crippen molar-refractivity contribution >= 4 is 26.0 Å². The Labute approximate surface area is 98.8 Å². The van der Waals surface area contributed by atoms with Gasteiger partial charge in [-0.1, -0.05) is 0 Å². The van der Waals surface area contributed by atoms with E-state index >= 15 is 0 Å². The summed E-state index contributed by atoms with van der Waals surface area (Å²) in [6.45, 7) is 0. The van der Waals surface area contributed by atoms with Crippen LogP contribution in [0.2, 0.25) is 0 Å². The molecule has 0 heterocycles. The van der Waals surface area contributed by atoms with E-state index in [-0.39, 0.29) is 78.9 Å². The van der Waals surface area contributed by atoms with Gasteiger partial charge in [0, 0.05) is 0 Å². The van der Waals surface area contributed by atoms with Crippen molar-refractivity contribution in [3.63, 3.8) is 0 Å². The third-order valence-corrected chi connectivity index (χ3v) is 0. The van der Waals surface area contributed by atoms with E-state index in [4.69, 9.17) is 15.0 Å². The zero-order valence-electron chi connectivity index (χ0n) is 5.14. The minimum Gasteiger partial charge on any atom is -0.652 e. The van der Waals surface area contributed by atoms with Crippen LogP contribution in [0.5, 0.6) is 0 Å². The van der Waals surface area contributed by atoms with Crippen molar-refractivity contribution in [1.82, 2.24) is 0 Å². The Balaban J connectivity index is -0.00000000750. The van der Waals surface area contributed by atoms with Crippen LogP contribution < -0.4 is 69.3 Å². The predicted molar refractivity (Wildman–Crippen MR) is 27.6 cm³/mol. The normalized spacial score (nSPS) is 3.00. The summed E-state index contributed by atoms with van der Waals surface area (Å²) in [6.07, 6.45) is -2.33. The van der Waals surface area contributed by atoms with Gasteiger partial charge in [0.05, 0.1) is 0 Å². The van der Waals surface area contributed by atoms with Crippen molar-refractivity contribution < 1.29 is 74.1 Å². The van der Waals surface area contributed by atoms with Crippen molar-refractivity contribution in [3.8, 4) is 0 Å². The molecule has 0 aromatic rings. The van der Waals surface area contributed by atoms with Crippen molar-refractivity contribution in [2.75, 3.05) is 0 Å². The Kier molecular flexibility index (Phi) is 92.0. The Morgan fingerprint density at radius 2 is 1.00 bits per heavy atom. The Bertz CT molecular complexity index is 38.3. The average molecular weight is 174 g/mol. The van der Waals surface area contributed by atoms with E-state index in [1.807, 2.05) is 0 Å². The number of rotatable bonds is 0. The summed E-state index contributed by atoms with van der Waals surface area (Å²) in [5.41, 5.74) is 0. The van der Waals surface area contributed by atoms with Gasteiger partial charge in [0.15, 0.2) is 0 Å². The fraction of sp³-hybridized carbons (Fsp3) is 0. The molecule has 7 heteroatoms. The fourth-order valence-corrected chi connectivity index (χ4v) is 0. The van der Waals surface area contributed by atoms with E-state index in [0.29, 0.717) is 0 Å². The summed E-state index contributed by atoms with van der Waals surface area (Å²) in [6, 6.07) is 0. The molecule has 0 fully saturated rings. The molecule has 0 radical (unpaired) electrons. The molecule has 0 saturated heterocycles. The zero-order valence-corrected chi connectivity index (χ0v) is 12.0. The van der Waals surface area contributed by atoms with Gasteiger partial charge in [-0.15, -0.1) is 0 Å². The van der Waals surface area contributed by atoms with Crippen LogP contribution in [-0.2, 0) is 0 Å². The van der Waals surface area contributed by atoms with Gasteiger partial charge in [0.1, 0.15) is 0 Å². The van der Waals surface area contributed by atoms with E-state index in [1.165, 1.54) is 0 Å². The van der Waals surface area contributed by atoms with Gasteiger partial charge in [-0.25, -0.2) is 0 Å². The van der Waals surface area contributed by atoms with Gasteiger partial charge in [0.2, 0.25) is 0 Å². The van der Waals surface area contributed by atoms with E-state index in [9.17, 15) is 0 Å². The van der Waals surface area contributed by atoms with E-state index in [0.717, 1.165) is 0 Å². The molecule has 40 valence electrons. The molecule has 0 aliphatic heterocycles. The van der Waals surface area contributed by atoms with Crippen molar-refractivity contribution in [2.24, 2.45) is 0 Å². The third-order valence-electron chi connectivity index (χ3n) is 0. The first-order chi connectivity index (χ1) is 1.73. The molecule has 2 atom stereocenters. The summed E-state index contributed by atoms with van der Waals surface area (Å²) < 4.78 is 0. The Hall–Kier alpha value is 2.13. The number of hydrogen-bond acceptors (Lipinski definition) is 3. The van der Waals surface area contributed by atoms with Gasteiger partial charge in [0.25, 0.3) is 0 Å². The van der Waals surface area contributed by atoms with Gasteiger partial charge in [-0.05, 0) is 6.16 Å². The third kappa shape index (κ3) is 91.1. The second kappa shape index (κ2) is 22.9. The van der Waals surface area contributed by atoms with Crippen LogP contribution in [0.15, 0.2) is 0 Å². The minimum atomic E-state index is -2.33. The average Bonchev–Trinajstić information content (AvgIpc) is 0.811. The molecule has 3 nitrogen and oxygen atoms in total. The predicted octanol–water partition coefficient (Wildman–Crippen LogP) is -8.32. The van der Waals surface area contributed by atoms with Crippen molar-refractivity contribution in [2.45, 2.75) is 0 Å². The molecule has 0 aromatic carbocycles. The summed E-state index contributed by atoms with van der Waals surface area (Å²) in [7, 11) is 0. The summed E-state index contributed by atoms with van der Waals surface area (Å²) in [5.74, 6) is 0. The number of hydrogen-bond donors (Lipinski definition) is 0. The van der Waals surface area contributed by atoms with E-state index in [1.54, 1.807) is 0 Å². The molecule has 2 unspecified atom stereocenters. The molecule has 0 saturated carbocycles. The topological polar surface area (TPSA) is 63.2 Å². The first kappa shape index (κ1) is 32.1. The molecular weight excluding hydrogens is 168 g/mol. The molecule has 0 aliphatic rings. The second-order valence-corrected chi connectivity index (χ2v) is 0.250. The largest absolute Gasteiger partial charge is 1.00 e. The quantitative estimate of drug-likeness (QED) is 0.270. The molecule has 0 N–H and O–H groups in total. The maximum Gasteiger partial charge on any atom is 1.00 e. The standard InChI is InChI=1S/CH2O3.2Na.2H3P/c2-1(3)4;;;;/h(H2,2,3,4);;;2*1H3/q;2*+1;;/p-2. The van der Waals surface area contributed by atoms with Crippen LogP contribution in [0.1, 0.15) is 0 Å². The summed E-state index contributed by atoms with van der Waals surface area (Å²) in [5, 5.41) is 16.7. The monoisotopic (exact) mass is 174 g/mol. The number of carboxylic acid groups (broad SMARTS) is 2.